The lowest BCUT2D eigenvalue weighted by Gasteiger charge is -2.12. The third-order valence-corrected chi connectivity index (χ3v) is 3.40. The molecule has 5 heteroatoms. The molecule has 106 valence electrons. The number of para-hydroxylation sites is 1. The first kappa shape index (κ1) is 13.5. The number of nitrogens with two attached hydrogens (primary N) is 1. The molecule has 0 radical (unpaired) electrons. The van der Waals surface area contributed by atoms with Gasteiger partial charge in [-0.2, -0.15) is 0 Å². The van der Waals surface area contributed by atoms with Gasteiger partial charge in [-0.15, -0.1) is 0 Å². The third kappa shape index (κ3) is 2.55. The highest BCUT2D eigenvalue weighted by molar-refractivity contribution is 5.79. The molecule has 0 saturated carbocycles. The van der Waals surface area contributed by atoms with Gasteiger partial charge in [0.1, 0.15) is 5.82 Å². The summed E-state index contributed by atoms with van der Waals surface area (Å²) in [6, 6.07) is 10.7. The van der Waals surface area contributed by atoms with Crippen molar-refractivity contribution in [1.29, 1.82) is 0 Å². The molecule has 2 aromatic heterocycles. The smallest absolute Gasteiger partial charge is 0.255 e. The van der Waals surface area contributed by atoms with E-state index in [1.54, 1.807) is 16.8 Å². The summed E-state index contributed by atoms with van der Waals surface area (Å²) in [4.78, 5) is 16.3. The second kappa shape index (κ2) is 5.46. The Kier molecular flexibility index (Phi) is 3.50. The van der Waals surface area contributed by atoms with Crippen molar-refractivity contribution in [2.75, 3.05) is 0 Å². The van der Waals surface area contributed by atoms with Gasteiger partial charge in [0.2, 0.25) is 0 Å². The lowest BCUT2D eigenvalue weighted by atomic mass is 10.1. The monoisotopic (exact) mass is 283 g/mol. The lowest BCUT2D eigenvalue weighted by Crippen LogP contribution is -2.26. The van der Waals surface area contributed by atoms with Crippen LogP contribution in [0.4, 0.5) is 4.39 Å². The normalized spacial score (nSPS) is 11.0. The highest BCUT2D eigenvalue weighted by atomic mass is 19.1. The third-order valence-electron chi connectivity index (χ3n) is 3.40. The fourth-order valence-electron chi connectivity index (χ4n) is 2.42. The van der Waals surface area contributed by atoms with Gasteiger partial charge in [-0.3, -0.25) is 9.78 Å². The fraction of sp³-hybridized carbons (Fsp3) is 0.125. The molecule has 0 fully saturated rings. The Morgan fingerprint density at radius 1 is 1.19 bits per heavy atom. The van der Waals surface area contributed by atoms with Crippen LogP contribution in [0, 0.1) is 5.82 Å². The van der Waals surface area contributed by atoms with Crippen LogP contribution in [0.25, 0.3) is 10.9 Å². The summed E-state index contributed by atoms with van der Waals surface area (Å²) >= 11 is 0. The van der Waals surface area contributed by atoms with E-state index in [2.05, 4.69) is 4.98 Å². The summed E-state index contributed by atoms with van der Waals surface area (Å²) in [6.07, 6.45) is 2.69. The van der Waals surface area contributed by atoms with Crippen LogP contribution in [-0.4, -0.2) is 9.55 Å². The molecule has 0 amide bonds. The summed E-state index contributed by atoms with van der Waals surface area (Å²) in [6.45, 7) is 0.434. The molecule has 0 aliphatic rings. The van der Waals surface area contributed by atoms with Crippen molar-refractivity contribution in [3.63, 3.8) is 0 Å². The maximum atomic E-state index is 13.3. The Morgan fingerprint density at radius 2 is 2.00 bits per heavy atom. The predicted molar refractivity (Wildman–Crippen MR) is 79.4 cm³/mol. The van der Waals surface area contributed by atoms with Crippen LogP contribution < -0.4 is 11.3 Å². The summed E-state index contributed by atoms with van der Waals surface area (Å²) in [5.74, 6) is -0.417. The molecule has 0 atom stereocenters. The van der Waals surface area contributed by atoms with Gasteiger partial charge in [0.25, 0.3) is 5.56 Å². The number of halogens is 1. The van der Waals surface area contributed by atoms with Gasteiger partial charge in [0, 0.05) is 18.3 Å². The standard InChI is InChI=1S/C16H14FN3O/c17-14-5-11(8-19-9-14)10-20-15-4-2-1-3-12(15)6-13(7-18)16(20)21/h1-6,8-9H,7,10,18H2. The van der Waals surface area contributed by atoms with E-state index in [0.717, 1.165) is 17.1 Å². The zero-order chi connectivity index (χ0) is 14.8. The topological polar surface area (TPSA) is 60.9 Å². The minimum atomic E-state index is -0.417. The van der Waals surface area contributed by atoms with E-state index < -0.39 is 5.82 Å². The Hall–Kier alpha value is -2.53. The fourth-order valence-corrected chi connectivity index (χ4v) is 2.42. The number of aromatic nitrogens is 2. The average Bonchev–Trinajstić information content (AvgIpc) is 2.50. The van der Waals surface area contributed by atoms with Crippen LogP contribution in [0.1, 0.15) is 11.1 Å². The van der Waals surface area contributed by atoms with Crippen LogP contribution in [-0.2, 0) is 13.1 Å². The molecule has 0 spiro atoms. The SMILES string of the molecule is NCc1cc2ccccc2n(Cc2cncc(F)c2)c1=O. The Bertz CT molecular complexity index is 858. The number of hydrogen-bond acceptors (Lipinski definition) is 3. The van der Waals surface area contributed by atoms with Gasteiger partial charge in [0.05, 0.1) is 18.3 Å². The number of fused-ring (bicyclic) bond motifs is 1. The molecule has 3 rings (SSSR count). The van der Waals surface area contributed by atoms with E-state index >= 15 is 0 Å². The van der Waals surface area contributed by atoms with Crippen molar-refractivity contribution in [1.82, 2.24) is 9.55 Å². The van der Waals surface area contributed by atoms with E-state index in [-0.39, 0.29) is 18.6 Å². The maximum Gasteiger partial charge on any atom is 0.255 e. The largest absolute Gasteiger partial charge is 0.326 e. The van der Waals surface area contributed by atoms with Crippen molar-refractivity contribution in [2.24, 2.45) is 5.73 Å². The molecule has 0 aliphatic heterocycles. The maximum absolute atomic E-state index is 13.3. The first-order chi connectivity index (χ1) is 10.2. The minimum absolute atomic E-state index is 0.152. The van der Waals surface area contributed by atoms with Crippen LogP contribution in [0.5, 0.6) is 0 Å². The van der Waals surface area contributed by atoms with Gasteiger partial charge in [-0.05, 0) is 29.1 Å². The molecule has 2 N–H and O–H groups in total. The highest BCUT2D eigenvalue weighted by Crippen LogP contribution is 2.15. The van der Waals surface area contributed by atoms with Crippen molar-refractivity contribution in [3.05, 3.63) is 76.1 Å². The van der Waals surface area contributed by atoms with Crippen molar-refractivity contribution in [3.8, 4) is 0 Å². The average molecular weight is 283 g/mol. The van der Waals surface area contributed by atoms with Gasteiger partial charge in [0.15, 0.2) is 0 Å². The van der Waals surface area contributed by atoms with E-state index in [1.165, 1.54) is 6.07 Å². The molecule has 3 aromatic rings. The lowest BCUT2D eigenvalue weighted by molar-refractivity contribution is 0.616. The number of hydrogen-bond donors (Lipinski definition) is 1. The Labute approximate surface area is 120 Å². The van der Waals surface area contributed by atoms with Crippen LogP contribution in [0.3, 0.4) is 0 Å². The predicted octanol–water partition coefficient (Wildman–Crippen LogP) is 2.04. The number of rotatable bonds is 3. The van der Waals surface area contributed by atoms with E-state index in [9.17, 15) is 9.18 Å². The number of pyridine rings is 2. The second-order valence-corrected chi connectivity index (χ2v) is 4.84. The van der Waals surface area contributed by atoms with Crippen LogP contribution >= 0.6 is 0 Å². The van der Waals surface area contributed by atoms with Crippen molar-refractivity contribution >= 4 is 10.9 Å². The molecule has 0 unspecified atom stereocenters. The molecule has 0 aliphatic carbocycles. The number of nitrogens with zero attached hydrogens (tertiary/aromatic N) is 2. The molecule has 0 bridgehead atoms. The van der Waals surface area contributed by atoms with E-state index in [0.29, 0.717) is 11.1 Å². The highest BCUT2D eigenvalue weighted by Gasteiger charge is 2.09. The Balaban J connectivity index is 2.20. The molecule has 0 saturated heterocycles. The first-order valence-corrected chi connectivity index (χ1v) is 6.60. The summed E-state index contributed by atoms with van der Waals surface area (Å²) in [7, 11) is 0. The molecular weight excluding hydrogens is 269 g/mol. The quantitative estimate of drug-likeness (QED) is 0.800. The van der Waals surface area contributed by atoms with E-state index in [1.807, 2.05) is 24.3 Å². The van der Waals surface area contributed by atoms with Crippen LogP contribution in [0.2, 0.25) is 0 Å². The van der Waals surface area contributed by atoms with E-state index in [4.69, 9.17) is 5.73 Å². The summed E-state index contributed by atoms with van der Waals surface area (Å²) in [5.41, 5.74) is 7.46. The second-order valence-electron chi connectivity index (χ2n) is 4.84. The van der Waals surface area contributed by atoms with Gasteiger partial charge in [-0.25, -0.2) is 4.39 Å². The number of benzene rings is 1. The zero-order valence-corrected chi connectivity index (χ0v) is 11.3. The van der Waals surface area contributed by atoms with Crippen LogP contribution in [0.15, 0.2) is 53.6 Å². The zero-order valence-electron chi connectivity index (χ0n) is 11.3. The molecule has 21 heavy (non-hydrogen) atoms. The van der Waals surface area contributed by atoms with Gasteiger partial charge < -0.3 is 10.3 Å². The van der Waals surface area contributed by atoms with Gasteiger partial charge in [-0.1, -0.05) is 18.2 Å². The molecule has 4 nitrogen and oxygen atoms in total. The Morgan fingerprint density at radius 3 is 2.76 bits per heavy atom. The summed E-state index contributed by atoms with van der Waals surface area (Å²) in [5, 5.41) is 0.932. The van der Waals surface area contributed by atoms with Gasteiger partial charge >= 0.3 is 0 Å². The van der Waals surface area contributed by atoms with Crippen molar-refractivity contribution < 1.29 is 4.39 Å². The minimum Gasteiger partial charge on any atom is -0.326 e. The molecule has 2 heterocycles. The first-order valence-electron chi connectivity index (χ1n) is 6.60. The summed E-state index contributed by atoms with van der Waals surface area (Å²) < 4.78 is 14.9. The molecule has 1 aromatic carbocycles. The molecular formula is C16H14FN3O. The van der Waals surface area contributed by atoms with Crippen molar-refractivity contribution in [2.45, 2.75) is 13.1 Å².